The summed E-state index contributed by atoms with van der Waals surface area (Å²) in [7, 11) is -6.85. The van der Waals surface area contributed by atoms with E-state index in [-0.39, 0.29) is 17.6 Å². The van der Waals surface area contributed by atoms with E-state index in [1.54, 1.807) is 48.7 Å². The summed E-state index contributed by atoms with van der Waals surface area (Å²) in [5.41, 5.74) is 1.00. The Kier molecular flexibility index (Phi) is 7.17. The number of sulfonamides is 2. The quantitative estimate of drug-likeness (QED) is 0.615. The lowest BCUT2D eigenvalue weighted by Gasteiger charge is -2.30. The van der Waals surface area contributed by atoms with Crippen molar-refractivity contribution in [2.75, 3.05) is 28.9 Å². The van der Waals surface area contributed by atoms with Crippen LogP contribution in [-0.4, -0.2) is 45.9 Å². The van der Waals surface area contributed by atoms with Gasteiger partial charge in [-0.3, -0.25) is 9.52 Å². The first-order chi connectivity index (χ1) is 14.2. The Morgan fingerprint density at radius 2 is 1.70 bits per heavy atom. The van der Waals surface area contributed by atoms with Gasteiger partial charge in [-0.05, 0) is 55.0 Å². The van der Waals surface area contributed by atoms with Crippen LogP contribution in [0.5, 0.6) is 0 Å². The molecule has 1 aliphatic heterocycles. The Morgan fingerprint density at radius 3 is 2.27 bits per heavy atom. The van der Waals surface area contributed by atoms with Gasteiger partial charge in [0.25, 0.3) is 10.0 Å². The Labute approximate surface area is 181 Å². The lowest BCUT2D eigenvalue weighted by molar-refractivity contribution is -0.120. The highest BCUT2D eigenvalue weighted by atomic mass is 32.2. The summed E-state index contributed by atoms with van der Waals surface area (Å²) in [6.45, 7) is 2.40. The van der Waals surface area contributed by atoms with Crippen molar-refractivity contribution in [3.05, 3.63) is 41.8 Å². The van der Waals surface area contributed by atoms with Gasteiger partial charge in [-0.2, -0.15) is 4.31 Å². The molecule has 1 aromatic carbocycles. The number of hydrogen-bond donors (Lipinski definition) is 2. The molecule has 1 fully saturated rings. The fourth-order valence-electron chi connectivity index (χ4n) is 3.26. The molecule has 0 aliphatic carbocycles. The maximum Gasteiger partial charge on any atom is 0.252 e. The minimum Gasteiger partial charge on any atom is -0.326 e. The van der Waals surface area contributed by atoms with Crippen LogP contribution in [0.4, 0.5) is 11.4 Å². The molecular weight excluding hydrogens is 446 g/mol. The van der Waals surface area contributed by atoms with Gasteiger partial charge in [-0.15, -0.1) is 11.3 Å². The van der Waals surface area contributed by atoms with Crippen molar-refractivity contribution in [1.82, 2.24) is 4.31 Å². The Hall–Kier alpha value is -1.95. The molecule has 1 saturated heterocycles. The van der Waals surface area contributed by atoms with E-state index >= 15 is 0 Å². The molecule has 3 rings (SSSR count). The summed E-state index contributed by atoms with van der Waals surface area (Å²) in [5, 5.41) is 4.56. The maximum absolute atomic E-state index is 12.6. The Balaban J connectivity index is 1.54. The molecular formula is C19H25N3O5S3. The zero-order chi connectivity index (χ0) is 21.8. The van der Waals surface area contributed by atoms with Gasteiger partial charge in [0.2, 0.25) is 15.9 Å². The standard InChI is InChI=1S/C19H25N3O5S3/c1-2-14-29(24,25)21-17-7-5-16(6-8-17)20-19(23)15-9-11-22(12-10-15)30(26,27)18-4-3-13-28-18/h3-8,13,15,21H,2,9-12,14H2,1H3,(H,20,23). The van der Waals surface area contributed by atoms with Crippen molar-refractivity contribution >= 4 is 48.7 Å². The summed E-state index contributed by atoms with van der Waals surface area (Å²) in [4.78, 5) is 12.6. The second-order valence-corrected chi connectivity index (χ2v) is 12.1. The number of amides is 1. The van der Waals surface area contributed by atoms with Crippen molar-refractivity contribution < 1.29 is 21.6 Å². The van der Waals surface area contributed by atoms with Crippen LogP contribution >= 0.6 is 11.3 Å². The van der Waals surface area contributed by atoms with E-state index in [2.05, 4.69) is 10.0 Å². The molecule has 2 heterocycles. The topological polar surface area (TPSA) is 113 Å². The molecule has 0 atom stereocenters. The maximum atomic E-state index is 12.6. The lowest BCUT2D eigenvalue weighted by Crippen LogP contribution is -2.41. The molecule has 1 aromatic heterocycles. The number of nitrogens with zero attached hydrogens (tertiary/aromatic N) is 1. The van der Waals surface area contributed by atoms with E-state index < -0.39 is 20.0 Å². The fourth-order valence-corrected chi connectivity index (χ4v) is 7.01. The van der Waals surface area contributed by atoms with Gasteiger partial charge in [0.1, 0.15) is 4.21 Å². The molecule has 0 saturated carbocycles. The number of thiophene rings is 1. The van der Waals surface area contributed by atoms with Crippen LogP contribution < -0.4 is 10.0 Å². The predicted molar refractivity (Wildman–Crippen MR) is 119 cm³/mol. The van der Waals surface area contributed by atoms with Gasteiger partial charge in [0.05, 0.1) is 5.75 Å². The van der Waals surface area contributed by atoms with Crippen molar-refractivity contribution in [3.8, 4) is 0 Å². The molecule has 0 spiro atoms. The fraction of sp³-hybridized carbons (Fsp3) is 0.421. The third-order valence-corrected chi connectivity index (χ3v) is 9.58. The van der Waals surface area contributed by atoms with E-state index in [0.717, 1.165) is 0 Å². The molecule has 0 unspecified atom stereocenters. The van der Waals surface area contributed by atoms with Gasteiger partial charge in [-0.1, -0.05) is 13.0 Å². The Bertz CT molecular complexity index is 1060. The van der Waals surface area contributed by atoms with Crippen LogP contribution in [0.15, 0.2) is 46.0 Å². The van der Waals surface area contributed by atoms with Crippen LogP contribution in [-0.2, 0) is 24.8 Å². The Morgan fingerprint density at radius 1 is 1.07 bits per heavy atom. The molecule has 0 radical (unpaired) electrons. The van der Waals surface area contributed by atoms with Gasteiger partial charge in [0, 0.05) is 30.4 Å². The van der Waals surface area contributed by atoms with Gasteiger partial charge < -0.3 is 5.32 Å². The van der Waals surface area contributed by atoms with Gasteiger partial charge in [0.15, 0.2) is 0 Å². The molecule has 2 N–H and O–H groups in total. The number of hydrogen-bond acceptors (Lipinski definition) is 6. The third-order valence-electron chi connectivity index (χ3n) is 4.81. The summed E-state index contributed by atoms with van der Waals surface area (Å²) < 4.78 is 53.0. The van der Waals surface area contributed by atoms with Crippen LogP contribution in [0.3, 0.4) is 0 Å². The zero-order valence-corrected chi connectivity index (χ0v) is 19.0. The molecule has 0 bridgehead atoms. The van der Waals surface area contributed by atoms with Crippen LogP contribution in [0, 0.1) is 5.92 Å². The number of anilines is 2. The molecule has 164 valence electrons. The first kappa shape index (κ1) is 22.7. The van der Waals surface area contributed by atoms with E-state index in [4.69, 9.17) is 0 Å². The van der Waals surface area contributed by atoms with E-state index in [0.29, 0.717) is 47.9 Å². The van der Waals surface area contributed by atoms with Crippen LogP contribution in [0.25, 0.3) is 0 Å². The SMILES string of the molecule is CCCS(=O)(=O)Nc1ccc(NC(=O)C2CCN(S(=O)(=O)c3cccs3)CC2)cc1. The molecule has 11 heteroatoms. The van der Waals surface area contributed by atoms with E-state index in [1.807, 2.05) is 0 Å². The number of rotatable bonds is 8. The van der Waals surface area contributed by atoms with Crippen LogP contribution in [0.2, 0.25) is 0 Å². The second kappa shape index (κ2) is 9.46. The minimum absolute atomic E-state index is 0.0480. The summed E-state index contributed by atoms with van der Waals surface area (Å²) in [6.07, 6.45) is 1.42. The van der Waals surface area contributed by atoms with Crippen molar-refractivity contribution in [2.24, 2.45) is 5.92 Å². The molecule has 8 nitrogen and oxygen atoms in total. The zero-order valence-electron chi connectivity index (χ0n) is 16.6. The molecule has 1 aliphatic rings. The first-order valence-corrected chi connectivity index (χ1v) is 13.6. The second-order valence-electron chi connectivity index (χ2n) is 7.10. The number of benzene rings is 1. The van der Waals surface area contributed by atoms with Crippen molar-refractivity contribution in [1.29, 1.82) is 0 Å². The van der Waals surface area contributed by atoms with Gasteiger partial charge in [-0.25, -0.2) is 16.8 Å². The predicted octanol–water partition coefficient (Wildman–Crippen LogP) is 2.94. The highest BCUT2D eigenvalue weighted by molar-refractivity contribution is 7.92. The highest BCUT2D eigenvalue weighted by Crippen LogP contribution is 2.27. The van der Waals surface area contributed by atoms with Crippen molar-refractivity contribution in [2.45, 2.75) is 30.4 Å². The number of nitrogens with one attached hydrogen (secondary N) is 2. The minimum atomic E-state index is -3.49. The molecule has 2 aromatic rings. The van der Waals surface area contributed by atoms with Crippen LogP contribution in [0.1, 0.15) is 26.2 Å². The summed E-state index contributed by atoms with van der Waals surface area (Å²) >= 11 is 1.19. The summed E-state index contributed by atoms with van der Waals surface area (Å²) in [5.74, 6) is -0.392. The average Bonchev–Trinajstić information content (AvgIpc) is 3.25. The highest BCUT2D eigenvalue weighted by Gasteiger charge is 2.32. The normalized spacial score (nSPS) is 16.3. The first-order valence-electron chi connectivity index (χ1n) is 9.66. The lowest BCUT2D eigenvalue weighted by atomic mass is 9.97. The number of piperidine rings is 1. The number of carbonyl (C=O) groups excluding carboxylic acids is 1. The van der Waals surface area contributed by atoms with E-state index in [1.165, 1.54) is 15.6 Å². The molecule has 1 amide bonds. The van der Waals surface area contributed by atoms with Crippen molar-refractivity contribution in [3.63, 3.8) is 0 Å². The third kappa shape index (κ3) is 5.60. The summed E-state index contributed by atoms with van der Waals surface area (Å²) in [6, 6.07) is 9.76. The smallest absolute Gasteiger partial charge is 0.252 e. The monoisotopic (exact) mass is 471 g/mol. The largest absolute Gasteiger partial charge is 0.326 e. The number of carbonyl (C=O) groups is 1. The van der Waals surface area contributed by atoms with E-state index in [9.17, 15) is 21.6 Å². The van der Waals surface area contributed by atoms with Gasteiger partial charge >= 0.3 is 0 Å². The molecule has 30 heavy (non-hydrogen) atoms. The average molecular weight is 472 g/mol.